The average molecular weight is 214 g/mol. The Morgan fingerprint density at radius 2 is 1.94 bits per heavy atom. The van der Waals surface area contributed by atoms with E-state index in [1.807, 2.05) is 31.2 Å². The van der Waals surface area contributed by atoms with E-state index in [4.69, 9.17) is 5.73 Å². The number of rotatable bonds is 2. The molecule has 1 heterocycles. The van der Waals surface area contributed by atoms with Crippen molar-refractivity contribution in [3.63, 3.8) is 0 Å². The van der Waals surface area contributed by atoms with Gasteiger partial charge in [-0.05, 0) is 12.5 Å². The number of nitrogens with zero attached hydrogens (tertiary/aromatic N) is 2. The van der Waals surface area contributed by atoms with Gasteiger partial charge in [0.05, 0.1) is 5.69 Å². The van der Waals surface area contributed by atoms with Crippen molar-refractivity contribution in [1.82, 2.24) is 9.97 Å². The molecule has 4 nitrogen and oxygen atoms in total. The maximum absolute atomic E-state index is 5.73. The highest BCUT2D eigenvalue weighted by molar-refractivity contribution is 5.66. The summed E-state index contributed by atoms with van der Waals surface area (Å²) in [6, 6.07) is 9.84. The molecule has 0 fully saturated rings. The van der Waals surface area contributed by atoms with E-state index in [1.165, 1.54) is 5.56 Å². The Hall–Kier alpha value is -2.10. The molecular weight excluding hydrogens is 200 g/mol. The normalized spacial score (nSPS) is 10.1. The number of aromatic nitrogens is 2. The fraction of sp³-hybridized carbons (Fsp3) is 0.167. The molecule has 0 aliphatic heterocycles. The standard InChI is InChI=1S/C12H14N4/c1-8-5-3-4-6-9(8)10-7-11(13)16-12(14-2)15-10/h3-7H,1-2H3,(H3,13,14,15,16). The van der Waals surface area contributed by atoms with E-state index in [-0.39, 0.29) is 0 Å². The molecule has 1 aromatic carbocycles. The summed E-state index contributed by atoms with van der Waals surface area (Å²) in [5, 5.41) is 2.90. The van der Waals surface area contributed by atoms with Crippen molar-refractivity contribution < 1.29 is 0 Å². The SMILES string of the molecule is CNc1nc(N)cc(-c2ccccc2C)n1. The number of benzene rings is 1. The lowest BCUT2D eigenvalue weighted by atomic mass is 10.1. The minimum absolute atomic E-state index is 0.470. The van der Waals surface area contributed by atoms with Crippen LogP contribution in [0.5, 0.6) is 0 Å². The van der Waals surface area contributed by atoms with Gasteiger partial charge in [0.25, 0.3) is 0 Å². The summed E-state index contributed by atoms with van der Waals surface area (Å²) in [5.74, 6) is 1.01. The molecule has 1 aromatic heterocycles. The Kier molecular flexibility index (Phi) is 2.72. The maximum atomic E-state index is 5.73. The van der Waals surface area contributed by atoms with Crippen LogP contribution in [0.25, 0.3) is 11.3 Å². The van der Waals surface area contributed by atoms with Gasteiger partial charge in [0, 0.05) is 18.7 Å². The van der Waals surface area contributed by atoms with Gasteiger partial charge in [-0.15, -0.1) is 0 Å². The van der Waals surface area contributed by atoms with Crippen molar-refractivity contribution >= 4 is 11.8 Å². The zero-order chi connectivity index (χ0) is 11.5. The zero-order valence-corrected chi connectivity index (χ0v) is 9.36. The molecule has 0 amide bonds. The number of anilines is 2. The minimum atomic E-state index is 0.470. The van der Waals surface area contributed by atoms with E-state index >= 15 is 0 Å². The summed E-state index contributed by atoms with van der Waals surface area (Å²) in [6.07, 6.45) is 0. The van der Waals surface area contributed by atoms with Crippen molar-refractivity contribution in [1.29, 1.82) is 0 Å². The van der Waals surface area contributed by atoms with Gasteiger partial charge >= 0.3 is 0 Å². The highest BCUT2D eigenvalue weighted by Gasteiger charge is 2.05. The first-order valence-electron chi connectivity index (χ1n) is 5.09. The molecule has 0 saturated heterocycles. The molecule has 16 heavy (non-hydrogen) atoms. The second kappa shape index (κ2) is 4.18. The third-order valence-electron chi connectivity index (χ3n) is 2.39. The first kappa shape index (κ1) is 10.4. The number of hydrogen-bond donors (Lipinski definition) is 2. The van der Waals surface area contributed by atoms with Crippen LogP contribution in [0.2, 0.25) is 0 Å². The lowest BCUT2D eigenvalue weighted by Crippen LogP contribution is -2.01. The van der Waals surface area contributed by atoms with Gasteiger partial charge < -0.3 is 11.1 Å². The highest BCUT2D eigenvalue weighted by Crippen LogP contribution is 2.23. The van der Waals surface area contributed by atoms with E-state index in [0.717, 1.165) is 11.3 Å². The fourth-order valence-electron chi connectivity index (χ4n) is 1.58. The van der Waals surface area contributed by atoms with Crippen LogP contribution in [0.1, 0.15) is 5.56 Å². The highest BCUT2D eigenvalue weighted by atomic mass is 15.1. The molecular formula is C12H14N4. The van der Waals surface area contributed by atoms with Crippen molar-refractivity contribution in [3.05, 3.63) is 35.9 Å². The Labute approximate surface area is 94.5 Å². The van der Waals surface area contributed by atoms with Crippen LogP contribution >= 0.6 is 0 Å². The van der Waals surface area contributed by atoms with Gasteiger partial charge in [-0.25, -0.2) is 4.98 Å². The van der Waals surface area contributed by atoms with Crippen LogP contribution in [-0.2, 0) is 0 Å². The first-order chi connectivity index (χ1) is 7.70. The first-order valence-corrected chi connectivity index (χ1v) is 5.09. The Bertz CT molecular complexity index is 508. The van der Waals surface area contributed by atoms with E-state index < -0.39 is 0 Å². The van der Waals surface area contributed by atoms with Crippen molar-refractivity contribution in [2.45, 2.75) is 6.92 Å². The summed E-state index contributed by atoms with van der Waals surface area (Å²) in [6.45, 7) is 2.05. The molecule has 82 valence electrons. The van der Waals surface area contributed by atoms with Gasteiger partial charge in [0.15, 0.2) is 0 Å². The number of nitrogens with two attached hydrogens (primary N) is 1. The Morgan fingerprint density at radius 3 is 2.62 bits per heavy atom. The summed E-state index contributed by atoms with van der Waals surface area (Å²) in [7, 11) is 1.77. The van der Waals surface area contributed by atoms with Crippen molar-refractivity contribution in [2.75, 3.05) is 18.1 Å². The van der Waals surface area contributed by atoms with Gasteiger partial charge in [-0.1, -0.05) is 24.3 Å². The predicted octanol–water partition coefficient (Wildman–Crippen LogP) is 2.08. The largest absolute Gasteiger partial charge is 0.384 e. The van der Waals surface area contributed by atoms with Crippen LogP contribution < -0.4 is 11.1 Å². The van der Waals surface area contributed by atoms with Crippen LogP contribution in [-0.4, -0.2) is 17.0 Å². The number of nitrogen functional groups attached to an aromatic ring is 1. The summed E-state index contributed by atoms with van der Waals surface area (Å²) in [4.78, 5) is 8.44. The second-order valence-electron chi connectivity index (χ2n) is 3.57. The number of hydrogen-bond acceptors (Lipinski definition) is 4. The molecule has 0 radical (unpaired) electrons. The quantitative estimate of drug-likeness (QED) is 0.803. The van der Waals surface area contributed by atoms with Crippen LogP contribution in [0, 0.1) is 6.92 Å². The number of nitrogens with one attached hydrogen (secondary N) is 1. The third-order valence-corrected chi connectivity index (χ3v) is 2.39. The van der Waals surface area contributed by atoms with Gasteiger partial charge in [-0.2, -0.15) is 4.98 Å². The van der Waals surface area contributed by atoms with E-state index in [2.05, 4.69) is 15.3 Å². The van der Waals surface area contributed by atoms with Gasteiger partial charge in [0.2, 0.25) is 5.95 Å². The maximum Gasteiger partial charge on any atom is 0.224 e. The molecule has 2 aromatic rings. The molecule has 0 aliphatic carbocycles. The van der Waals surface area contributed by atoms with Gasteiger partial charge in [0.1, 0.15) is 5.82 Å². The summed E-state index contributed by atoms with van der Waals surface area (Å²) >= 11 is 0. The molecule has 4 heteroatoms. The molecule has 3 N–H and O–H groups in total. The van der Waals surface area contributed by atoms with Crippen LogP contribution in [0.3, 0.4) is 0 Å². The summed E-state index contributed by atoms with van der Waals surface area (Å²) < 4.78 is 0. The number of aryl methyl sites for hydroxylation is 1. The minimum Gasteiger partial charge on any atom is -0.384 e. The monoisotopic (exact) mass is 214 g/mol. The zero-order valence-electron chi connectivity index (χ0n) is 9.36. The molecule has 0 bridgehead atoms. The predicted molar refractivity (Wildman–Crippen MR) is 66.2 cm³/mol. The van der Waals surface area contributed by atoms with E-state index in [0.29, 0.717) is 11.8 Å². The van der Waals surface area contributed by atoms with E-state index in [1.54, 1.807) is 13.1 Å². The second-order valence-corrected chi connectivity index (χ2v) is 3.57. The Morgan fingerprint density at radius 1 is 1.19 bits per heavy atom. The molecule has 0 aliphatic rings. The molecule has 0 atom stereocenters. The molecule has 2 rings (SSSR count). The van der Waals surface area contributed by atoms with Gasteiger partial charge in [-0.3, -0.25) is 0 Å². The topological polar surface area (TPSA) is 63.8 Å². The lowest BCUT2D eigenvalue weighted by molar-refractivity contribution is 1.16. The van der Waals surface area contributed by atoms with Crippen molar-refractivity contribution in [3.8, 4) is 11.3 Å². The van der Waals surface area contributed by atoms with Crippen molar-refractivity contribution in [2.24, 2.45) is 0 Å². The summed E-state index contributed by atoms with van der Waals surface area (Å²) in [5.41, 5.74) is 8.82. The Balaban J connectivity index is 2.56. The van der Waals surface area contributed by atoms with Crippen LogP contribution in [0.4, 0.5) is 11.8 Å². The molecule has 0 spiro atoms. The average Bonchev–Trinajstić information content (AvgIpc) is 2.28. The smallest absolute Gasteiger partial charge is 0.224 e. The fourth-order valence-corrected chi connectivity index (χ4v) is 1.58. The van der Waals surface area contributed by atoms with Crippen LogP contribution in [0.15, 0.2) is 30.3 Å². The molecule has 0 saturated carbocycles. The third kappa shape index (κ3) is 1.95. The molecule has 0 unspecified atom stereocenters. The lowest BCUT2D eigenvalue weighted by Gasteiger charge is -2.07. The van der Waals surface area contributed by atoms with E-state index in [9.17, 15) is 0 Å².